The summed E-state index contributed by atoms with van der Waals surface area (Å²) >= 11 is 0. The second kappa shape index (κ2) is 9.96. The smallest absolute Gasteiger partial charge is 0.176 e. The molecule has 6 nitrogen and oxygen atoms in total. The van der Waals surface area contributed by atoms with Crippen molar-refractivity contribution in [2.75, 3.05) is 44.7 Å². The van der Waals surface area contributed by atoms with Gasteiger partial charge in [0.1, 0.15) is 11.6 Å². The summed E-state index contributed by atoms with van der Waals surface area (Å²) in [6, 6.07) is 27.5. The number of aromatic nitrogens is 1. The predicted octanol–water partition coefficient (Wildman–Crippen LogP) is 4.79. The van der Waals surface area contributed by atoms with Gasteiger partial charge in [-0.15, -0.1) is 0 Å². The Labute approximate surface area is 205 Å². The number of para-hydroxylation sites is 1. The highest BCUT2D eigenvalue weighted by molar-refractivity contribution is 5.97. The van der Waals surface area contributed by atoms with E-state index in [1.165, 1.54) is 0 Å². The van der Waals surface area contributed by atoms with Gasteiger partial charge in [-0.2, -0.15) is 5.26 Å². The third-order valence-electron chi connectivity index (χ3n) is 6.48. The molecule has 0 spiro atoms. The van der Waals surface area contributed by atoms with Crippen LogP contribution in [0.25, 0.3) is 22.0 Å². The van der Waals surface area contributed by atoms with E-state index in [0.29, 0.717) is 17.7 Å². The van der Waals surface area contributed by atoms with Gasteiger partial charge in [-0.05, 0) is 54.1 Å². The molecule has 0 aliphatic carbocycles. The molecule has 174 valence electrons. The van der Waals surface area contributed by atoms with Gasteiger partial charge in [0.25, 0.3) is 0 Å². The zero-order valence-electron chi connectivity index (χ0n) is 19.6. The van der Waals surface area contributed by atoms with Crippen LogP contribution in [-0.4, -0.2) is 55.5 Å². The number of benzene rings is 3. The van der Waals surface area contributed by atoms with Crippen LogP contribution in [0.5, 0.6) is 5.75 Å². The second-order valence-electron chi connectivity index (χ2n) is 8.65. The summed E-state index contributed by atoms with van der Waals surface area (Å²) in [5.41, 5.74) is 4.27. The lowest BCUT2D eigenvalue weighted by Crippen LogP contribution is -2.48. The lowest BCUT2D eigenvalue weighted by molar-refractivity contribution is 0.0926. The van der Waals surface area contributed by atoms with Crippen LogP contribution in [0.15, 0.2) is 78.9 Å². The van der Waals surface area contributed by atoms with E-state index in [4.69, 9.17) is 9.72 Å². The Morgan fingerprint density at radius 2 is 1.74 bits per heavy atom. The first-order valence-corrected chi connectivity index (χ1v) is 11.7. The molecule has 4 aromatic rings. The highest BCUT2D eigenvalue weighted by Gasteiger charge is 2.21. The van der Waals surface area contributed by atoms with E-state index in [2.05, 4.69) is 40.1 Å². The number of ether oxygens (including phenoxy) is 1. The summed E-state index contributed by atoms with van der Waals surface area (Å²) in [5.74, 6) is 1.80. The molecular formula is C29H26N4O2. The van der Waals surface area contributed by atoms with E-state index >= 15 is 0 Å². The van der Waals surface area contributed by atoms with Crippen LogP contribution in [0.4, 0.5) is 5.82 Å². The lowest BCUT2D eigenvalue weighted by atomic mass is 10.0. The Morgan fingerprint density at radius 1 is 0.971 bits per heavy atom. The summed E-state index contributed by atoms with van der Waals surface area (Å²) in [7, 11) is 1.62. The third kappa shape index (κ3) is 4.86. The SMILES string of the molecule is COc1ccc(C(=O)CN2CCN(c3ccc4cccc(-c5cccc(C#N)c5)c4n3)CC2)cc1. The van der Waals surface area contributed by atoms with Crippen molar-refractivity contribution in [2.45, 2.75) is 0 Å². The molecule has 1 aliphatic heterocycles. The van der Waals surface area contributed by atoms with E-state index in [0.717, 1.165) is 59.8 Å². The number of hydrogen-bond acceptors (Lipinski definition) is 6. The maximum absolute atomic E-state index is 12.7. The molecule has 1 saturated heterocycles. The highest BCUT2D eigenvalue weighted by Crippen LogP contribution is 2.30. The topological polar surface area (TPSA) is 69.5 Å². The Kier molecular flexibility index (Phi) is 6.42. The number of methoxy groups -OCH3 is 1. The number of rotatable bonds is 6. The van der Waals surface area contributed by atoms with E-state index in [1.807, 2.05) is 54.6 Å². The lowest BCUT2D eigenvalue weighted by Gasteiger charge is -2.35. The summed E-state index contributed by atoms with van der Waals surface area (Å²) in [5, 5.41) is 10.4. The van der Waals surface area contributed by atoms with Crippen molar-refractivity contribution in [1.29, 1.82) is 5.26 Å². The molecule has 0 atom stereocenters. The molecule has 3 aromatic carbocycles. The van der Waals surface area contributed by atoms with Crippen molar-refractivity contribution in [3.05, 3.63) is 90.0 Å². The normalized spacial score (nSPS) is 14.0. The predicted molar refractivity (Wildman–Crippen MR) is 138 cm³/mol. The number of pyridine rings is 1. The fraction of sp³-hybridized carbons (Fsp3) is 0.207. The molecule has 0 amide bonds. The first kappa shape index (κ1) is 22.6. The van der Waals surface area contributed by atoms with Gasteiger partial charge in [0.15, 0.2) is 5.78 Å². The molecular weight excluding hydrogens is 436 g/mol. The summed E-state index contributed by atoms with van der Waals surface area (Å²) < 4.78 is 5.18. The van der Waals surface area contributed by atoms with E-state index in [9.17, 15) is 10.1 Å². The van der Waals surface area contributed by atoms with Crippen molar-refractivity contribution in [1.82, 2.24) is 9.88 Å². The van der Waals surface area contributed by atoms with Crippen molar-refractivity contribution < 1.29 is 9.53 Å². The molecule has 5 rings (SSSR count). The number of Topliss-reactive ketones (excluding diaryl/α,β-unsaturated/α-hetero) is 1. The van der Waals surface area contributed by atoms with Gasteiger partial charge in [-0.1, -0.05) is 30.3 Å². The molecule has 0 saturated carbocycles. The average molecular weight is 463 g/mol. The Hall–Kier alpha value is -4.21. The highest BCUT2D eigenvalue weighted by atomic mass is 16.5. The van der Waals surface area contributed by atoms with Crippen LogP contribution in [0.1, 0.15) is 15.9 Å². The maximum atomic E-state index is 12.7. The van der Waals surface area contributed by atoms with Gasteiger partial charge < -0.3 is 9.64 Å². The molecule has 0 N–H and O–H groups in total. The van der Waals surface area contributed by atoms with Crippen LogP contribution < -0.4 is 9.64 Å². The van der Waals surface area contributed by atoms with Gasteiger partial charge in [-0.3, -0.25) is 9.69 Å². The van der Waals surface area contributed by atoms with Crippen molar-refractivity contribution in [2.24, 2.45) is 0 Å². The van der Waals surface area contributed by atoms with E-state index < -0.39 is 0 Å². The van der Waals surface area contributed by atoms with Gasteiger partial charge in [0, 0.05) is 42.7 Å². The number of fused-ring (bicyclic) bond motifs is 1. The number of nitriles is 1. The van der Waals surface area contributed by atoms with Gasteiger partial charge in [0.05, 0.1) is 30.8 Å². The molecule has 0 unspecified atom stereocenters. The van der Waals surface area contributed by atoms with Crippen molar-refractivity contribution in [3.63, 3.8) is 0 Å². The van der Waals surface area contributed by atoms with Crippen LogP contribution >= 0.6 is 0 Å². The molecule has 1 aromatic heterocycles. The van der Waals surface area contributed by atoms with Gasteiger partial charge >= 0.3 is 0 Å². The molecule has 6 heteroatoms. The number of carbonyl (C=O) groups excluding carboxylic acids is 1. The maximum Gasteiger partial charge on any atom is 0.176 e. The summed E-state index contributed by atoms with van der Waals surface area (Å²) in [4.78, 5) is 22.2. The minimum Gasteiger partial charge on any atom is -0.497 e. The first-order valence-electron chi connectivity index (χ1n) is 11.7. The zero-order chi connectivity index (χ0) is 24.2. The Morgan fingerprint density at radius 3 is 2.49 bits per heavy atom. The van der Waals surface area contributed by atoms with Gasteiger partial charge in [0.2, 0.25) is 0 Å². The molecule has 1 fully saturated rings. The molecule has 2 heterocycles. The summed E-state index contributed by atoms with van der Waals surface area (Å²) in [6.45, 7) is 3.62. The van der Waals surface area contributed by atoms with Crippen molar-refractivity contribution in [3.8, 4) is 22.9 Å². The fourth-order valence-electron chi connectivity index (χ4n) is 4.51. The number of carbonyl (C=O) groups is 1. The van der Waals surface area contributed by atoms with Crippen LogP contribution in [-0.2, 0) is 0 Å². The minimum atomic E-state index is 0.120. The van der Waals surface area contributed by atoms with E-state index in [-0.39, 0.29) is 5.78 Å². The average Bonchev–Trinajstić information content (AvgIpc) is 2.93. The van der Waals surface area contributed by atoms with Crippen LogP contribution in [0, 0.1) is 11.3 Å². The number of hydrogen-bond donors (Lipinski definition) is 0. The fourth-order valence-corrected chi connectivity index (χ4v) is 4.51. The largest absolute Gasteiger partial charge is 0.497 e. The number of piperazine rings is 1. The number of anilines is 1. The molecule has 0 radical (unpaired) electrons. The zero-order valence-corrected chi connectivity index (χ0v) is 19.6. The van der Waals surface area contributed by atoms with Crippen LogP contribution in [0.2, 0.25) is 0 Å². The van der Waals surface area contributed by atoms with E-state index in [1.54, 1.807) is 7.11 Å². The quantitative estimate of drug-likeness (QED) is 0.384. The number of ketones is 1. The Bertz CT molecular complexity index is 1400. The summed E-state index contributed by atoms with van der Waals surface area (Å²) in [6.07, 6.45) is 0. The van der Waals surface area contributed by atoms with Gasteiger partial charge in [-0.25, -0.2) is 4.98 Å². The standard InChI is InChI=1S/C29H26N4O2/c1-35-25-11-8-22(9-12-25)27(34)20-32-14-16-33(17-15-32)28-13-10-23-5-3-7-26(29(23)31-28)24-6-2-4-21(18-24)19-30/h2-13,18H,14-17,20H2,1H3. The monoisotopic (exact) mass is 462 g/mol. The number of nitrogens with zero attached hydrogens (tertiary/aromatic N) is 4. The minimum absolute atomic E-state index is 0.120. The Balaban J connectivity index is 1.30. The third-order valence-corrected chi connectivity index (χ3v) is 6.48. The van der Waals surface area contributed by atoms with Crippen LogP contribution in [0.3, 0.4) is 0 Å². The molecule has 0 bridgehead atoms. The molecule has 1 aliphatic rings. The first-order chi connectivity index (χ1) is 17.1. The van der Waals surface area contributed by atoms with Crippen molar-refractivity contribution >= 4 is 22.5 Å². The second-order valence-corrected chi connectivity index (χ2v) is 8.65. The molecule has 35 heavy (non-hydrogen) atoms.